The smallest absolute Gasteiger partial charge is 0.133 e. The molecule has 1 atom stereocenters. The summed E-state index contributed by atoms with van der Waals surface area (Å²) in [5.41, 5.74) is 0.835. The minimum atomic E-state index is 0.260. The molecule has 2 nitrogen and oxygen atoms in total. The molecular weight excluding hydrogens is 255 g/mol. The predicted octanol–water partition coefficient (Wildman–Crippen LogP) is 2.75. The molecule has 1 aromatic rings. The first-order valence-electron chi connectivity index (χ1n) is 3.95. The molecule has 1 aliphatic heterocycles. The number of halogens is 2. The molecule has 0 spiro atoms. The highest BCUT2D eigenvalue weighted by atomic mass is 79.9. The van der Waals surface area contributed by atoms with Crippen LogP contribution in [0.2, 0.25) is 5.02 Å². The molecule has 0 aromatic heterocycles. The molecule has 0 aliphatic carbocycles. The van der Waals surface area contributed by atoms with E-state index >= 15 is 0 Å². The van der Waals surface area contributed by atoms with E-state index < -0.39 is 0 Å². The van der Waals surface area contributed by atoms with Gasteiger partial charge in [0.1, 0.15) is 5.75 Å². The molecule has 4 heteroatoms. The Kier molecular flexibility index (Phi) is 2.49. The summed E-state index contributed by atoms with van der Waals surface area (Å²) in [4.78, 5) is 0. The van der Waals surface area contributed by atoms with Gasteiger partial charge in [-0.15, -0.1) is 0 Å². The third-order valence-electron chi connectivity index (χ3n) is 1.96. The van der Waals surface area contributed by atoms with E-state index in [0.717, 1.165) is 18.6 Å². The number of epoxide rings is 1. The highest BCUT2D eigenvalue weighted by molar-refractivity contribution is 9.10. The van der Waals surface area contributed by atoms with Crippen LogP contribution in [0, 0.1) is 0 Å². The second kappa shape index (κ2) is 3.48. The molecular formula is C9H8BrClO2. The van der Waals surface area contributed by atoms with E-state index in [4.69, 9.17) is 16.3 Å². The van der Waals surface area contributed by atoms with Crippen molar-refractivity contribution in [3.8, 4) is 5.75 Å². The lowest BCUT2D eigenvalue weighted by atomic mass is 10.1. The third kappa shape index (κ3) is 2.16. The Balaban J connectivity index is 2.30. The summed E-state index contributed by atoms with van der Waals surface area (Å²) >= 11 is 9.08. The zero-order valence-corrected chi connectivity index (χ0v) is 9.10. The molecule has 70 valence electrons. The van der Waals surface area contributed by atoms with E-state index in [1.54, 1.807) is 12.1 Å². The van der Waals surface area contributed by atoms with Crippen LogP contribution in [0.5, 0.6) is 5.75 Å². The molecule has 0 saturated carbocycles. The fourth-order valence-electron chi connectivity index (χ4n) is 1.21. The van der Waals surface area contributed by atoms with Crippen LogP contribution in [0.1, 0.15) is 5.56 Å². The molecule has 13 heavy (non-hydrogen) atoms. The van der Waals surface area contributed by atoms with Gasteiger partial charge in [0.2, 0.25) is 0 Å². The first-order valence-corrected chi connectivity index (χ1v) is 5.12. The highest BCUT2D eigenvalue weighted by Crippen LogP contribution is 2.33. The molecule has 2 rings (SSSR count). The van der Waals surface area contributed by atoms with E-state index in [2.05, 4.69) is 15.9 Å². The summed E-state index contributed by atoms with van der Waals surface area (Å²) in [5.74, 6) is 0.264. The van der Waals surface area contributed by atoms with Gasteiger partial charge in [-0.05, 0) is 33.6 Å². The Labute approximate surface area is 89.6 Å². The van der Waals surface area contributed by atoms with Crippen molar-refractivity contribution in [2.45, 2.75) is 12.5 Å². The van der Waals surface area contributed by atoms with E-state index in [1.165, 1.54) is 0 Å². The first kappa shape index (κ1) is 9.31. The molecule has 1 heterocycles. The van der Waals surface area contributed by atoms with Gasteiger partial charge in [0.25, 0.3) is 0 Å². The summed E-state index contributed by atoms with van der Waals surface area (Å²) in [7, 11) is 0. The summed E-state index contributed by atoms with van der Waals surface area (Å²) < 4.78 is 5.71. The van der Waals surface area contributed by atoms with Crippen LogP contribution in [-0.4, -0.2) is 17.8 Å². The van der Waals surface area contributed by atoms with Gasteiger partial charge in [-0.3, -0.25) is 0 Å². The van der Waals surface area contributed by atoms with Crippen molar-refractivity contribution in [2.24, 2.45) is 0 Å². The van der Waals surface area contributed by atoms with Crippen molar-refractivity contribution in [2.75, 3.05) is 6.61 Å². The number of phenolic OH excluding ortho intramolecular Hbond substituents is 1. The number of aromatic hydroxyl groups is 1. The van der Waals surface area contributed by atoms with Crippen LogP contribution in [0.4, 0.5) is 0 Å². The molecule has 1 fully saturated rings. The topological polar surface area (TPSA) is 32.8 Å². The molecule has 1 saturated heterocycles. The quantitative estimate of drug-likeness (QED) is 0.832. The van der Waals surface area contributed by atoms with E-state index in [1.807, 2.05) is 0 Å². The van der Waals surface area contributed by atoms with Crippen molar-refractivity contribution in [1.29, 1.82) is 0 Å². The van der Waals surface area contributed by atoms with Gasteiger partial charge < -0.3 is 9.84 Å². The maximum atomic E-state index is 9.64. The maximum absolute atomic E-state index is 9.64. The number of hydrogen-bond donors (Lipinski definition) is 1. The Morgan fingerprint density at radius 3 is 2.92 bits per heavy atom. The molecule has 0 bridgehead atoms. The fraction of sp³-hybridized carbons (Fsp3) is 0.333. The number of rotatable bonds is 2. The third-order valence-corrected chi connectivity index (χ3v) is 2.78. The van der Waals surface area contributed by atoms with Gasteiger partial charge in [0, 0.05) is 11.4 Å². The van der Waals surface area contributed by atoms with Crippen LogP contribution in [0.3, 0.4) is 0 Å². The maximum Gasteiger partial charge on any atom is 0.133 e. The molecule has 1 aliphatic rings. The fourth-order valence-corrected chi connectivity index (χ4v) is 2.08. The normalized spacial score (nSPS) is 20.3. The average molecular weight is 264 g/mol. The van der Waals surface area contributed by atoms with Crippen LogP contribution >= 0.6 is 27.5 Å². The second-order valence-electron chi connectivity index (χ2n) is 3.05. The van der Waals surface area contributed by atoms with Gasteiger partial charge in [0.15, 0.2) is 0 Å². The molecule has 1 unspecified atom stereocenters. The lowest BCUT2D eigenvalue weighted by Gasteiger charge is -2.05. The Morgan fingerprint density at radius 2 is 2.31 bits per heavy atom. The lowest BCUT2D eigenvalue weighted by Crippen LogP contribution is -1.93. The number of benzene rings is 1. The minimum absolute atomic E-state index is 0.260. The van der Waals surface area contributed by atoms with Crippen LogP contribution in [-0.2, 0) is 11.2 Å². The van der Waals surface area contributed by atoms with Gasteiger partial charge in [0.05, 0.1) is 17.2 Å². The Hall–Kier alpha value is -0.250. The summed E-state index contributed by atoms with van der Waals surface area (Å²) in [6, 6.07) is 3.44. The van der Waals surface area contributed by atoms with E-state index in [-0.39, 0.29) is 11.9 Å². The van der Waals surface area contributed by atoms with Crippen molar-refractivity contribution >= 4 is 27.5 Å². The van der Waals surface area contributed by atoms with Crippen molar-refractivity contribution < 1.29 is 9.84 Å². The molecule has 0 amide bonds. The second-order valence-corrected chi connectivity index (χ2v) is 4.35. The number of hydrogen-bond acceptors (Lipinski definition) is 2. The Bertz CT molecular complexity index is 337. The highest BCUT2D eigenvalue weighted by Gasteiger charge is 2.24. The average Bonchev–Trinajstić information content (AvgIpc) is 2.83. The summed E-state index contributed by atoms with van der Waals surface area (Å²) in [5, 5.41) is 10.3. The molecule has 0 radical (unpaired) electrons. The lowest BCUT2D eigenvalue weighted by molar-refractivity contribution is 0.401. The van der Waals surface area contributed by atoms with Gasteiger partial charge in [-0.2, -0.15) is 0 Å². The van der Waals surface area contributed by atoms with Crippen LogP contribution < -0.4 is 0 Å². The van der Waals surface area contributed by atoms with Crippen molar-refractivity contribution in [1.82, 2.24) is 0 Å². The van der Waals surface area contributed by atoms with Crippen LogP contribution in [0.15, 0.2) is 16.6 Å². The minimum Gasteiger partial charge on any atom is -0.506 e. The Morgan fingerprint density at radius 1 is 1.62 bits per heavy atom. The summed E-state index contributed by atoms with van der Waals surface area (Å²) in [6.07, 6.45) is 0.988. The largest absolute Gasteiger partial charge is 0.506 e. The van der Waals surface area contributed by atoms with Gasteiger partial charge >= 0.3 is 0 Å². The van der Waals surface area contributed by atoms with Crippen LogP contribution in [0.25, 0.3) is 0 Å². The predicted molar refractivity (Wildman–Crippen MR) is 54.3 cm³/mol. The van der Waals surface area contributed by atoms with E-state index in [0.29, 0.717) is 9.50 Å². The molecule has 1 aromatic carbocycles. The summed E-state index contributed by atoms with van der Waals surface area (Å²) in [6.45, 7) is 0.781. The molecule has 1 N–H and O–H groups in total. The zero-order valence-electron chi connectivity index (χ0n) is 6.76. The van der Waals surface area contributed by atoms with Crippen molar-refractivity contribution in [3.63, 3.8) is 0 Å². The monoisotopic (exact) mass is 262 g/mol. The zero-order chi connectivity index (χ0) is 9.42. The SMILES string of the molecule is Oc1c(Br)cc(Cl)cc1CC1CO1. The van der Waals surface area contributed by atoms with Crippen molar-refractivity contribution in [3.05, 3.63) is 27.2 Å². The first-order chi connectivity index (χ1) is 6.16. The number of phenols is 1. The van der Waals surface area contributed by atoms with E-state index in [9.17, 15) is 5.11 Å². The standard InChI is InChI=1S/C9H8BrClO2/c10-8-3-6(11)1-5(9(8)12)2-7-4-13-7/h1,3,7,12H,2,4H2. The van der Waals surface area contributed by atoms with Gasteiger partial charge in [-0.25, -0.2) is 0 Å². The number of ether oxygens (including phenoxy) is 1. The van der Waals surface area contributed by atoms with Gasteiger partial charge in [-0.1, -0.05) is 11.6 Å².